The second-order valence-electron chi connectivity index (χ2n) is 5.38. The van der Waals surface area contributed by atoms with E-state index >= 15 is 0 Å². The minimum Gasteiger partial charge on any atom is -0.383 e. The average molecular weight is 285 g/mol. The van der Waals surface area contributed by atoms with Crippen molar-refractivity contribution in [2.45, 2.75) is 32.7 Å². The van der Waals surface area contributed by atoms with Crippen molar-refractivity contribution in [2.75, 3.05) is 39.9 Å². The molecule has 0 bridgehead atoms. The third-order valence-corrected chi connectivity index (χ3v) is 3.42. The van der Waals surface area contributed by atoms with Crippen LogP contribution in [-0.2, 0) is 14.3 Å². The minimum atomic E-state index is -0.288. The molecule has 0 aromatic rings. The maximum absolute atomic E-state index is 12.1. The van der Waals surface area contributed by atoms with E-state index in [1.807, 2.05) is 13.8 Å². The Morgan fingerprint density at radius 1 is 1.30 bits per heavy atom. The number of carbonyl (C=O) groups is 2. The van der Waals surface area contributed by atoms with Crippen LogP contribution in [-0.4, -0.2) is 62.7 Å². The SMILES string of the molecule is COCCNCCNC(=O)C1CCCN1C(=O)C(C)C. The topological polar surface area (TPSA) is 70.7 Å². The summed E-state index contributed by atoms with van der Waals surface area (Å²) in [6, 6.07) is -0.288. The number of hydrogen-bond acceptors (Lipinski definition) is 4. The zero-order valence-corrected chi connectivity index (χ0v) is 12.8. The van der Waals surface area contributed by atoms with E-state index in [0.717, 1.165) is 19.4 Å². The molecule has 116 valence electrons. The fourth-order valence-electron chi connectivity index (χ4n) is 2.33. The van der Waals surface area contributed by atoms with Gasteiger partial charge in [-0.05, 0) is 12.8 Å². The highest BCUT2D eigenvalue weighted by molar-refractivity contribution is 5.88. The van der Waals surface area contributed by atoms with Crippen LogP contribution in [0.3, 0.4) is 0 Å². The summed E-state index contributed by atoms with van der Waals surface area (Å²) in [7, 11) is 1.66. The van der Waals surface area contributed by atoms with Crippen molar-refractivity contribution < 1.29 is 14.3 Å². The molecule has 1 atom stereocenters. The summed E-state index contributed by atoms with van der Waals surface area (Å²) in [4.78, 5) is 25.9. The van der Waals surface area contributed by atoms with Crippen molar-refractivity contribution in [3.8, 4) is 0 Å². The lowest BCUT2D eigenvalue weighted by Crippen LogP contribution is -2.48. The molecule has 1 fully saturated rings. The van der Waals surface area contributed by atoms with Crippen LogP contribution in [0.15, 0.2) is 0 Å². The Morgan fingerprint density at radius 2 is 2.05 bits per heavy atom. The molecule has 1 saturated heterocycles. The first kappa shape index (κ1) is 16.9. The van der Waals surface area contributed by atoms with Crippen LogP contribution in [0.1, 0.15) is 26.7 Å². The molecule has 1 aliphatic rings. The number of ether oxygens (including phenoxy) is 1. The van der Waals surface area contributed by atoms with E-state index < -0.39 is 0 Å². The van der Waals surface area contributed by atoms with Crippen molar-refractivity contribution in [3.63, 3.8) is 0 Å². The van der Waals surface area contributed by atoms with E-state index in [9.17, 15) is 9.59 Å². The third kappa shape index (κ3) is 5.09. The summed E-state index contributed by atoms with van der Waals surface area (Å²) in [6.07, 6.45) is 1.67. The summed E-state index contributed by atoms with van der Waals surface area (Å²) < 4.78 is 4.92. The molecule has 1 unspecified atom stereocenters. The molecule has 1 rings (SSSR count). The Morgan fingerprint density at radius 3 is 2.70 bits per heavy atom. The van der Waals surface area contributed by atoms with E-state index in [-0.39, 0.29) is 23.8 Å². The van der Waals surface area contributed by atoms with Gasteiger partial charge in [-0.25, -0.2) is 0 Å². The van der Waals surface area contributed by atoms with Gasteiger partial charge in [-0.15, -0.1) is 0 Å². The zero-order valence-electron chi connectivity index (χ0n) is 12.8. The second kappa shape index (κ2) is 8.92. The van der Waals surface area contributed by atoms with E-state index in [2.05, 4.69) is 10.6 Å². The van der Waals surface area contributed by atoms with Crippen molar-refractivity contribution >= 4 is 11.8 Å². The first-order valence-electron chi connectivity index (χ1n) is 7.35. The molecule has 2 amide bonds. The molecule has 0 aromatic heterocycles. The molecule has 1 heterocycles. The predicted octanol–water partition coefficient (Wildman–Crippen LogP) is -0.0144. The zero-order chi connectivity index (χ0) is 15.0. The number of methoxy groups -OCH3 is 1. The summed E-state index contributed by atoms with van der Waals surface area (Å²) in [5.74, 6) is -0.0231. The van der Waals surface area contributed by atoms with Crippen LogP contribution < -0.4 is 10.6 Å². The van der Waals surface area contributed by atoms with Crippen LogP contribution in [0.25, 0.3) is 0 Å². The number of likely N-dealkylation sites (tertiary alicyclic amines) is 1. The van der Waals surface area contributed by atoms with Gasteiger partial charge in [0.15, 0.2) is 0 Å². The van der Waals surface area contributed by atoms with Gasteiger partial charge in [0.1, 0.15) is 6.04 Å². The Bertz CT molecular complexity index is 321. The van der Waals surface area contributed by atoms with Gasteiger partial charge in [0, 0.05) is 39.2 Å². The maximum atomic E-state index is 12.1. The lowest BCUT2D eigenvalue weighted by molar-refractivity contribution is -0.140. The third-order valence-electron chi connectivity index (χ3n) is 3.42. The maximum Gasteiger partial charge on any atom is 0.242 e. The summed E-state index contributed by atoms with van der Waals surface area (Å²) in [5, 5.41) is 6.05. The molecular formula is C14H27N3O3. The van der Waals surface area contributed by atoms with Gasteiger partial charge in [-0.2, -0.15) is 0 Å². The van der Waals surface area contributed by atoms with E-state index in [4.69, 9.17) is 4.74 Å². The number of nitrogens with zero attached hydrogens (tertiary/aromatic N) is 1. The smallest absolute Gasteiger partial charge is 0.242 e. The largest absolute Gasteiger partial charge is 0.383 e. The highest BCUT2D eigenvalue weighted by Gasteiger charge is 2.34. The number of rotatable bonds is 8. The lowest BCUT2D eigenvalue weighted by Gasteiger charge is -2.25. The minimum absolute atomic E-state index is 0.0370. The van der Waals surface area contributed by atoms with E-state index in [1.165, 1.54) is 0 Å². The Labute approximate surface area is 121 Å². The van der Waals surface area contributed by atoms with Crippen molar-refractivity contribution in [1.82, 2.24) is 15.5 Å². The molecule has 20 heavy (non-hydrogen) atoms. The predicted molar refractivity (Wildman–Crippen MR) is 77.3 cm³/mol. The van der Waals surface area contributed by atoms with Crippen LogP contribution in [0.5, 0.6) is 0 Å². The monoisotopic (exact) mass is 285 g/mol. The number of nitrogens with one attached hydrogen (secondary N) is 2. The molecule has 0 radical (unpaired) electrons. The fraction of sp³-hybridized carbons (Fsp3) is 0.857. The summed E-state index contributed by atoms with van der Waals surface area (Å²) >= 11 is 0. The molecule has 0 saturated carbocycles. The quantitative estimate of drug-likeness (QED) is 0.615. The van der Waals surface area contributed by atoms with Gasteiger partial charge in [-0.1, -0.05) is 13.8 Å². The average Bonchev–Trinajstić information content (AvgIpc) is 2.90. The highest BCUT2D eigenvalue weighted by atomic mass is 16.5. The first-order chi connectivity index (χ1) is 9.57. The van der Waals surface area contributed by atoms with E-state index in [1.54, 1.807) is 12.0 Å². The highest BCUT2D eigenvalue weighted by Crippen LogP contribution is 2.19. The molecular weight excluding hydrogens is 258 g/mol. The lowest BCUT2D eigenvalue weighted by atomic mass is 10.1. The standard InChI is InChI=1S/C14H27N3O3/c1-11(2)14(19)17-9-4-5-12(17)13(18)16-7-6-15-8-10-20-3/h11-12,15H,4-10H2,1-3H3,(H,16,18). The molecule has 0 aromatic carbocycles. The molecule has 1 aliphatic heterocycles. The fourth-order valence-corrected chi connectivity index (χ4v) is 2.33. The van der Waals surface area contributed by atoms with Gasteiger partial charge in [0.25, 0.3) is 0 Å². The second-order valence-corrected chi connectivity index (χ2v) is 5.38. The molecule has 0 spiro atoms. The van der Waals surface area contributed by atoms with Crippen molar-refractivity contribution in [1.29, 1.82) is 0 Å². The number of hydrogen-bond donors (Lipinski definition) is 2. The summed E-state index contributed by atoms with van der Waals surface area (Å²) in [5.41, 5.74) is 0. The van der Waals surface area contributed by atoms with Gasteiger partial charge in [0.05, 0.1) is 6.61 Å². The van der Waals surface area contributed by atoms with Crippen molar-refractivity contribution in [3.05, 3.63) is 0 Å². The van der Waals surface area contributed by atoms with Crippen molar-refractivity contribution in [2.24, 2.45) is 5.92 Å². The van der Waals surface area contributed by atoms with Gasteiger partial charge in [0.2, 0.25) is 11.8 Å². The molecule has 6 heteroatoms. The van der Waals surface area contributed by atoms with Crippen LogP contribution in [0.2, 0.25) is 0 Å². The molecule has 2 N–H and O–H groups in total. The van der Waals surface area contributed by atoms with Gasteiger partial charge < -0.3 is 20.3 Å². The van der Waals surface area contributed by atoms with Gasteiger partial charge in [-0.3, -0.25) is 9.59 Å². The Kier molecular flexibility index (Phi) is 7.54. The molecule has 0 aliphatic carbocycles. The summed E-state index contributed by atoms with van der Waals surface area (Å²) in [6.45, 7) is 7.15. The number of amides is 2. The van der Waals surface area contributed by atoms with Crippen LogP contribution in [0, 0.1) is 5.92 Å². The Hall–Kier alpha value is -1.14. The Balaban J connectivity index is 2.29. The normalized spacial score (nSPS) is 18.6. The van der Waals surface area contributed by atoms with Gasteiger partial charge >= 0.3 is 0 Å². The first-order valence-corrected chi connectivity index (χ1v) is 7.35. The van der Waals surface area contributed by atoms with Crippen LogP contribution in [0.4, 0.5) is 0 Å². The van der Waals surface area contributed by atoms with Crippen LogP contribution >= 0.6 is 0 Å². The molecule has 6 nitrogen and oxygen atoms in total. The van der Waals surface area contributed by atoms with E-state index in [0.29, 0.717) is 26.2 Å². The number of carbonyl (C=O) groups excluding carboxylic acids is 2.